The molecule has 2 bridgehead atoms. The molecule has 3 atom stereocenters. The zero-order chi connectivity index (χ0) is 29.0. The second-order valence-corrected chi connectivity index (χ2v) is 12.8. The third-order valence-electron chi connectivity index (χ3n) is 9.83. The second-order valence-electron chi connectivity index (χ2n) is 12.8. The largest absolute Gasteiger partial charge is 0.497 e. The highest BCUT2D eigenvalue weighted by atomic mass is 16.6. The number of benzene rings is 1. The SMILES string of the molecule is COc1ccc(CN2C3CC2CN(c2ccc(-c4cc(OCCC5COC6(COC6)C5)cn5ncc(C)c45)cn2)C3)cc1. The Balaban J connectivity index is 0.934. The molecule has 43 heavy (non-hydrogen) atoms. The third kappa shape index (κ3) is 5.03. The van der Waals surface area contributed by atoms with Crippen LogP contribution in [0.3, 0.4) is 0 Å². The predicted octanol–water partition coefficient (Wildman–Crippen LogP) is 4.75. The Morgan fingerprint density at radius 2 is 1.86 bits per heavy atom. The maximum Gasteiger partial charge on any atom is 0.138 e. The quantitative estimate of drug-likeness (QED) is 0.281. The average molecular weight is 582 g/mol. The van der Waals surface area contributed by atoms with E-state index in [0.29, 0.717) is 24.6 Å². The van der Waals surface area contributed by atoms with Crippen molar-refractivity contribution in [3.05, 3.63) is 72.2 Å². The van der Waals surface area contributed by atoms with Gasteiger partial charge in [0.25, 0.3) is 0 Å². The van der Waals surface area contributed by atoms with Crippen molar-refractivity contribution in [2.24, 2.45) is 5.92 Å². The molecule has 0 aliphatic carbocycles. The lowest BCUT2D eigenvalue weighted by molar-refractivity contribution is -0.184. The number of nitrogens with zero attached hydrogens (tertiary/aromatic N) is 5. The van der Waals surface area contributed by atoms with Crippen LogP contribution in [0.15, 0.2) is 61.1 Å². The zero-order valence-corrected chi connectivity index (χ0v) is 24.9. The average Bonchev–Trinajstić information content (AvgIpc) is 3.64. The lowest BCUT2D eigenvalue weighted by atomic mass is 9.86. The van der Waals surface area contributed by atoms with Crippen molar-refractivity contribution < 1.29 is 18.9 Å². The monoisotopic (exact) mass is 581 g/mol. The summed E-state index contributed by atoms with van der Waals surface area (Å²) in [4.78, 5) is 10.0. The highest BCUT2D eigenvalue weighted by Gasteiger charge is 2.46. The van der Waals surface area contributed by atoms with Crippen molar-refractivity contribution in [2.75, 3.05) is 51.5 Å². The fraction of sp³-hybridized carbons (Fsp3) is 0.471. The molecule has 9 heteroatoms. The van der Waals surface area contributed by atoms with Crippen LogP contribution in [0.2, 0.25) is 0 Å². The molecule has 3 unspecified atom stereocenters. The van der Waals surface area contributed by atoms with Gasteiger partial charge in [-0.05, 0) is 73.6 Å². The number of hydrogen-bond donors (Lipinski definition) is 0. The standard InChI is InChI=1S/C34H39N5O4/c1-23-14-36-39-19-30(42-10-9-25-13-34(43-20-25)21-41-22-34)12-31(33(23)39)26-5-8-32(35-15-26)37-17-27-11-28(18-37)38(27)16-24-3-6-29(40-2)7-4-24/h3-8,12,14-15,19,25,27-28H,9-11,13,16-18,20-22H2,1-2H3. The maximum absolute atomic E-state index is 6.28. The van der Waals surface area contributed by atoms with Gasteiger partial charge in [0.15, 0.2) is 0 Å². The Kier molecular flexibility index (Phi) is 6.77. The Hall–Kier alpha value is -3.66. The number of piperazine rings is 1. The molecule has 0 N–H and O–H groups in total. The van der Waals surface area contributed by atoms with Crippen LogP contribution >= 0.6 is 0 Å². The number of aryl methyl sites for hydroxylation is 1. The van der Waals surface area contributed by atoms with Crippen LogP contribution in [0, 0.1) is 12.8 Å². The lowest BCUT2D eigenvalue weighted by Crippen LogP contribution is -2.68. The molecule has 1 spiro atoms. The minimum absolute atomic E-state index is 0.0201. The van der Waals surface area contributed by atoms with Crippen molar-refractivity contribution >= 4 is 11.3 Å². The highest BCUT2D eigenvalue weighted by molar-refractivity contribution is 5.83. The van der Waals surface area contributed by atoms with E-state index >= 15 is 0 Å². The molecule has 9 rings (SSSR count). The number of hydrogen-bond acceptors (Lipinski definition) is 8. The van der Waals surface area contributed by atoms with Gasteiger partial charge in [0.2, 0.25) is 0 Å². The summed E-state index contributed by atoms with van der Waals surface area (Å²) in [7, 11) is 1.71. The summed E-state index contributed by atoms with van der Waals surface area (Å²) >= 11 is 0. The van der Waals surface area contributed by atoms with Crippen LogP contribution in [0.25, 0.3) is 16.6 Å². The first-order valence-electron chi connectivity index (χ1n) is 15.5. The topological polar surface area (TPSA) is 73.6 Å². The third-order valence-corrected chi connectivity index (χ3v) is 9.83. The number of pyridine rings is 2. The van der Waals surface area contributed by atoms with Crippen molar-refractivity contribution in [3.8, 4) is 22.6 Å². The fourth-order valence-electron chi connectivity index (χ4n) is 7.35. The summed E-state index contributed by atoms with van der Waals surface area (Å²) in [6, 6.07) is 16.1. The van der Waals surface area contributed by atoms with E-state index < -0.39 is 0 Å². The summed E-state index contributed by atoms with van der Waals surface area (Å²) in [6.07, 6.45) is 9.20. The zero-order valence-electron chi connectivity index (χ0n) is 24.9. The summed E-state index contributed by atoms with van der Waals surface area (Å²) in [5, 5.41) is 4.60. The van der Waals surface area contributed by atoms with Crippen LogP contribution in [0.5, 0.6) is 11.5 Å². The Labute approximate surface area is 252 Å². The molecule has 8 heterocycles. The van der Waals surface area contributed by atoms with Gasteiger partial charge in [0, 0.05) is 49.0 Å². The number of rotatable bonds is 9. The van der Waals surface area contributed by atoms with E-state index in [-0.39, 0.29) is 5.60 Å². The number of ether oxygens (including phenoxy) is 4. The van der Waals surface area contributed by atoms with E-state index in [1.165, 1.54) is 12.0 Å². The van der Waals surface area contributed by atoms with Crippen LogP contribution in [-0.4, -0.2) is 83.8 Å². The smallest absolute Gasteiger partial charge is 0.138 e. The number of anilines is 1. The van der Waals surface area contributed by atoms with Gasteiger partial charge in [-0.15, -0.1) is 0 Å². The normalized spacial score (nSPS) is 24.2. The first-order chi connectivity index (χ1) is 21.1. The molecule has 0 radical (unpaired) electrons. The molecule has 3 aromatic heterocycles. The molecule has 0 amide bonds. The van der Waals surface area contributed by atoms with Gasteiger partial charge in [0.1, 0.15) is 22.9 Å². The van der Waals surface area contributed by atoms with Gasteiger partial charge < -0.3 is 23.8 Å². The van der Waals surface area contributed by atoms with Crippen LogP contribution in [0.1, 0.15) is 30.4 Å². The predicted molar refractivity (Wildman–Crippen MR) is 164 cm³/mol. The summed E-state index contributed by atoms with van der Waals surface area (Å²) in [5.74, 6) is 3.29. The van der Waals surface area contributed by atoms with Crippen molar-refractivity contribution in [3.63, 3.8) is 0 Å². The van der Waals surface area contributed by atoms with Crippen LogP contribution in [0.4, 0.5) is 5.82 Å². The van der Waals surface area contributed by atoms with E-state index in [4.69, 9.17) is 23.9 Å². The summed E-state index contributed by atoms with van der Waals surface area (Å²) in [5.41, 5.74) is 5.70. The van der Waals surface area contributed by atoms with Crippen molar-refractivity contribution in [1.29, 1.82) is 0 Å². The molecule has 5 fully saturated rings. The highest BCUT2D eigenvalue weighted by Crippen LogP contribution is 2.39. The Morgan fingerprint density at radius 3 is 2.56 bits per heavy atom. The summed E-state index contributed by atoms with van der Waals surface area (Å²) in [6.45, 7) is 8.03. The number of piperidine rings is 1. The number of aromatic nitrogens is 3. The van der Waals surface area contributed by atoms with Gasteiger partial charge in [-0.3, -0.25) is 4.90 Å². The number of fused-ring (bicyclic) bond motifs is 3. The molecule has 0 saturated carbocycles. The van der Waals surface area contributed by atoms with Gasteiger partial charge in [-0.2, -0.15) is 5.10 Å². The van der Waals surface area contributed by atoms with Crippen LogP contribution < -0.4 is 14.4 Å². The minimum Gasteiger partial charge on any atom is -0.497 e. The first-order valence-corrected chi connectivity index (χ1v) is 15.5. The fourth-order valence-corrected chi connectivity index (χ4v) is 7.35. The molecular formula is C34H39N5O4. The van der Waals surface area contributed by atoms with Crippen molar-refractivity contribution in [2.45, 2.75) is 50.4 Å². The molecule has 4 aromatic rings. The Bertz CT molecular complexity index is 1590. The molecule has 224 valence electrons. The maximum atomic E-state index is 6.28. The molecule has 5 saturated heterocycles. The van der Waals surface area contributed by atoms with Crippen LogP contribution in [-0.2, 0) is 16.0 Å². The second kappa shape index (κ2) is 10.8. The summed E-state index contributed by atoms with van der Waals surface area (Å²) < 4.78 is 24.9. The minimum atomic E-state index is -0.0201. The van der Waals surface area contributed by atoms with E-state index in [2.05, 4.69) is 64.3 Å². The van der Waals surface area contributed by atoms with E-state index in [9.17, 15) is 0 Å². The number of methoxy groups -OCH3 is 1. The molecule has 5 aliphatic rings. The van der Waals surface area contributed by atoms with E-state index in [1.807, 2.05) is 23.1 Å². The lowest BCUT2D eigenvalue weighted by Gasteiger charge is -2.56. The van der Waals surface area contributed by atoms with Gasteiger partial charge in [0.05, 0.1) is 51.4 Å². The first kappa shape index (κ1) is 26.9. The Morgan fingerprint density at radius 1 is 1.02 bits per heavy atom. The van der Waals surface area contributed by atoms with Gasteiger partial charge in [-0.25, -0.2) is 9.50 Å². The van der Waals surface area contributed by atoms with E-state index in [0.717, 1.165) is 91.8 Å². The molecule has 9 nitrogen and oxygen atoms in total. The molecular weight excluding hydrogens is 542 g/mol. The van der Waals surface area contributed by atoms with Gasteiger partial charge in [-0.1, -0.05) is 12.1 Å². The molecule has 1 aromatic carbocycles. The van der Waals surface area contributed by atoms with E-state index in [1.54, 1.807) is 7.11 Å². The van der Waals surface area contributed by atoms with Crippen molar-refractivity contribution in [1.82, 2.24) is 19.5 Å². The molecule has 5 aliphatic heterocycles. The van der Waals surface area contributed by atoms with Gasteiger partial charge >= 0.3 is 0 Å².